The van der Waals surface area contributed by atoms with Crippen LogP contribution in [-0.4, -0.2) is 16.1 Å². The Labute approximate surface area is 93.7 Å². The first-order valence-electron chi connectivity index (χ1n) is 5.34. The minimum absolute atomic E-state index is 0.396. The highest BCUT2D eigenvalue weighted by atomic mass is 16.4. The summed E-state index contributed by atoms with van der Waals surface area (Å²) in [4.78, 5) is 15.6. The first-order valence-corrected chi connectivity index (χ1v) is 5.34. The average Bonchev–Trinajstić information content (AvgIpc) is 2.28. The summed E-state index contributed by atoms with van der Waals surface area (Å²) in [6.07, 6.45) is 3.34. The van der Waals surface area contributed by atoms with E-state index in [0.29, 0.717) is 5.56 Å². The lowest BCUT2D eigenvalue weighted by atomic mass is 10.0. The fourth-order valence-corrected chi connectivity index (χ4v) is 1.89. The van der Waals surface area contributed by atoms with Crippen LogP contribution in [0.4, 0.5) is 0 Å². The summed E-state index contributed by atoms with van der Waals surface area (Å²) < 4.78 is 0. The average molecular weight is 215 g/mol. The minimum atomic E-state index is -0.873. The molecule has 0 amide bonds. The van der Waals surface area contributed by atoms with Crippen molar-refractivity contribution in [3.8, 4) is 0 Å². The second-order valence-corrected chi connectivity index (χ2v) is 3.73. The molecule has 0 saturated carbocycles. The van der Waals surface area contributed by atoms with Crippen LogP contribution in [0.15, 0.2) is 30.5 Å². The van der Waals surface area contributed by atoms with Crippen molar-refractivity contribution in [1.82, 2.24) is 4.98 Å². The van der Waals surface area contributed by atoms with Gasteiger partial charge in [-0.3, -0.25) is 4.98 Å². The van der Waals surface area contributed by atoms with Gasteiger partial charge in [-0.2, -0.15) is 0 Å². The molecule has 1 aromatic heterocycles. The molecule has 0 unspecified atom stereocenters. The molecule has 1 N–H and O–H groups in total. The molecule has 82 valence electrons. The van der Waals surface area contributed by atoms with Crippen molar-refractivity contribution in [2.24, 2.45) is 0 Å². The van der Waals surface area contributed by atoms with Crippen LogP contribution in [0.3, 0.4) is 0 Å². The lowest BCUT2D eigenvalue weighted by Gasteiger charge is -2.07. The van der Waals surface area contributed by atoms with Crippen molar-refractivity contribution < 1.29 is 9.90 Å². The summed E-state index contributed by atoms with van der Waals surface area (Å²) in [5.41, 5.74) is 1.95. The summed E-state index contributed by atoms with van der Waals surface area (Å²) in [7, 11) is 0. The van der Waals surface area contributed by atoms with E-state index in [1.165, 1.54) is 0 Å². The third-order valence-electron chi connectivity index (χ3n) is 2.59. The highest BCUT2D eigenvalue weighted by Gasteiger charge is 2.14. The SMILES string of the molecule is CCCc1cnc2ccccc2c1C(=O)O. The van der Waals surface area contributed by atoms with Gasteiger partial charge in [-0.05, 0) is 18.1 Å². The van der Waals surface area contributed by atoms with Gasteiger partial charge in [0.05, 0.1) is 11.1 Å². The third kappa shape index (κ3) is 1.76. The fourth-order valence-electron chi connectivity index (χ4n) is 1.89. The summed E-state index contributed by atoms with van der Waals surface area (Å²) in [6, 6.07) is 7.34. The zero-order chi connectivity index (χ0) is 11.5. The van der Waals surface area contributed by atoms with Gasteiger partial charge in [-0.15, -0.1) is 0 Å². The molecule has 0 aliphatic carbocycles. The zero-order valence-electron chi connectivity index (χ0n) is 9.10. The molecule has 2 rings (SSSR count). The van der Waals surface area contributed by atoms with E-state index in [0.717, 1.165) is 29.3 Å². The summed E-state index contributed by atoms with van der Waals surface area (Å²) >= 11 is 0. The van der Waals surface area contributed by atoms with Gasteiger partial charge in [0.2, 0.25) is 0 Å². The molecular formula is C13H13NO2. The Balaban J connectivity index is 2.73. The van der Waals surface area contributed by atoms with E-state index in [1.54, 1.807) is 6.20 Å². The number of carbonyl (C=O) groups is 1. The molecule has 16 heavy (non-hydrogen) atoms. The number of carboxylic acid groups (broad SMARTS) is 1. The molecule has 0 atom stereocenters. The van der Waals surface area contributed by atoms with Crippen molar-refractivity contribution >= 4 is 16.9 Å². The number of nitrogens with zero attached hydrogens (tertiary/aromatic N) is 1. The largest absolute Gasteiger partial charge is 0.478 e. The van der Waals surface area contributed by atoms with Crippen LogP contribution in [-0.2, 0) is 6.42 Å². The number of hydrogen-bond acceptors (Lipinski definition) is 2. The first kappa shape index (κ1) is 10.6. The molecule has 0 saturated heterocycles. The summed E-state index contributed by atoms with van der Waals surface area (Å²) in [5.74, 6) is -0.873. The predicted octanol–water partition coefficient (Wildman–Crippen LogP) is 2.89. The van der Waals surface area contributed by atoms with Gasteiger partial charge in [0.15, 0.2) is 0 Å². The predicted molar refractivity (Wildman–Crippen MR) is 62.7 cm³/mol. The molecule has 0 spiro atoms. The quantitative estimate of drug-likeness (QED) is 0.856. The lowest BCUT2D eigenvalue weighted by Crippen LogP contribution is -2.04. The van der Waals surface area contributed by atoms with Gasteiger partial charge < -0.3 is 5.11 Å². The second-order valence-electron chi connectivity index (χ2n) is 3.73. The van der Waals surface area contributed by atoms with Crippen molar-refractivity contribution in [1.29, 1.82) is 0 Å². The Morgan fingerprint density at radius 1 is 1.38 bits per heavy atom. The van der Waals surface area contributed by atoms with Gasteiger partial charge >= 0.3 is 5.97 Å². The second kappa shape index (κ2) is 4.31. The van der Waals surface area contributed by atoms with E-state index in [4.69, 9.17) is 0 Å². The van der Waals surface area contributed by atoms with Crippen LogP contribution in [0.5, 0.6) is 0 Å². The molecular weight excluding hydrogens is 202 g/mol. The normalized spacial score (nSPS) is 10.6. The molecule has 0 radical (unpaired) electrons. The third-order valence-corrected chi connectivity index (χ3v) is 2.59. The first-order chi connectivity index (χ1) is 7.74. The standard InChI is InChI=1S/C13H13NO2/c1-2-5-9-8-14-11-7-4-3-6-10(11)12(9)13(15)16/h3-4,6-8H,2,5H2,1H3,(H,15,16). The van der Waals surface area contributed by atoms with E-state index in [2.05, 4.69) is 4.98 Å². The Morgan fingerprint density at radius 3 is 2.81 bits per heavy atom. The molecule has 0 bridgehead atoms. The van der Waals surface area contributed by atoms with Gasteiger partial charge in [-0.1, -0.05) is 31.5 Å². The van der Waals surface area contributed by atoms with Crippen LogP contribution >= 0.6 is 0 Å². The Bertz CT molecular complexity index is 534. The maximum atomic E-state index is 11.3. The zero-order valence-corrected chi connectivity index (χ0v) is 9.10. The number of para-hydroxylation sites is 1. The van der Waals surface area contributed by atoms with Crippen LogP contribution in [0, 0.1) is 0 Å². The molecule has 0 aliphatic heterocycles. The van der Waals surface area contributed by atoms with Crippen molar-refractivity contribution in [3.63, 3.8) is 0 Å². The van der Waals surface area contributed by atoms with E-state index in [1.807, 2.05) is 31.2 Å². The van der Waals surface area contributed by atoms with E-state index >= 15 is 0 Å². The molecule has 3 heteroatoms. The number of pyridine rings is 1. The van der Waals surface area contributed by atoms with Crippen LogP contribution in [0.1, 0.15) is 29.3 Å². The van der Waals surface area contributed by atoms with Gasteiger partial charge in [0, 0.05) is 11.6 Å². The molecule has 3 nitrogen and oxygen atoms in total. The summed E-state index contributed by atoms with van der Waals surface area (Å²) in [6.45, 7) is 2.03. The number of benzene rings is 1. The smallest absolute Gasteiger partial charge is 0.336 e. The topological polar surface area (TPSA) is 50.2 Å². The Hall–Kier alpha value is -1.90. The molecule has 0 aliphatic rings. The maximum Gasteiger partial charge on any atom is 0.336 e. The Morgan fingerprint density at radius 2 is 2.12 bits per heavy atom. The van der Waals surface area contributed by atoms with Crippen molar-refractivity contribution in [2.45, 2.75) is 19.8 Å². The number of aromatic carboxylic acids is 1. The lowest BCUT2D eigenvalue weighted by molar-refractivity contribution is 0.0698. The number of hydrogen-bond donors (Lipinski definition) is 1. The monoisotopic (exact) mass is 215 g/mol. The number of aromatic nitrogens is 1. The number of rotatable bonds is 3. The van der Waals surface area contributed by atoms with Crippen molar-refractivity contribution in [3.05, 3.63) is 41.6 Å². The summed E-state index contributed by atoms with van der Waals surface area (Å²) in [5, 5.41) is 9.99. The van der Waals surface area contributed by atoms with Crippen molar-refractivity contribution in [2.75, 3.05) is 0 Å². The molecule has 0 fully saturated rings. The molecule has 1 heterocycles. The molecule has 1 aromatic carbocycles. The van der Waals surface area contributed by atoms with Crippen LogP contribution in [0.2, 0.25) is 0 Å². The van der Waals surface area contributed by atoms with Gasteiger partial charge in [-0.25, -0.2) is 4.79 Å². The van der Waals surface area contributed by atoms with Crippen LogP contribution in [0.25, 0.3) is 10.9 Å². The maximum absolute atomic E-state index is 11.3. The number of aryl methyl sites for hydroxylation is 1. The highest BCUT2D eigenvalue weighted by Crippen LogP contribution is 2.21. The van der Waals surface area contributed by atoms with E-state index in [-0.39, 0.29) is 0 Å². The highest BCUT2D eigenvalue weighted by molar-refractivity contribution is 6.03. The van der Waals surface area contributed by atoms with Gasteiger partial charge in [0.25, 0.3) is 0 Å². The Kier molecular flexibility index (Phi) is 2.86. The number of carboxylic acids is 1. The van der Waals surface area contributed by atoms with E-state index < -0.39 is 5.97 Å². The van der Waals surface area contributed by atoms with Crippen LogP contribution < -0.4 is 0 Å². The minimum Gasteiger partial charge on any atom is -0.478 e. The molecule has 2 aromatic rings. The van der Waals surface area contributed by atoms with E-state index in [9.17, 15) is 9.90 Å². The number of fused-ring (bicyclic) bond motifs is 1. The fraction of sp³-hybridized carbons (Fsp3) is 0.231. The van der Waals surface area contributed by atoms with Gasteiger partial charge in [0.1, 0.15) is 0 Å².